The Kier molecular flexibility index (Phi) is 3.35. The number of nitrogens with zero attached hydrogens (tertiary/aromatic N) is 1. The van der Waals surface area contributed by atoms with Crippen LogP contribution < -0.4 is 16.0 Å². The van der Waals surface area contributed by atoms with E-state index < -0.39 is 5.56 Å². The molecule has 0 saturated carbocycles. The van der Waals surface area contributed by atoms with Crippen LogP contribution >= 0.6 is 27.5 Å². The van der Waals surface area contributed by atoms with Gasteiger partial charge in [-0.25, -0.2) is 4.98 Å². The Morgan fingerprint density at radius 1 is 1.47 bits per heavy atom. The molecule has 1 heterocycles. The molecule has 0 saturated heterocycles. The molecule has 0 radical (unpaired) electrons. The number of anilines is 1. The van der Waals surface area contributed by atoms with E-state index >= 15 is 0 Å². The van der Waals surface area contributed by atoms with Crippen LogP contribution in [0.3, 0.4) is 0 Å². The number of aromatic nitrogens is 2. The van der Waals surface area contributed by atoms with E-state index in [0.29, 0.717) is 15.9 Å². The van der Waals surface area contributed by atoms with Gasteiger partial charge in [-0.05, 0) is 28.1 Å². The summed E-state index contributed by atoms with van der Waals surface area (Å²) in [7, 11) is 0. The average molecular weight is 317 g/mol. The third kappa shape index (κ3) is 2.42. The van der Waals surface area contributed by atoms with Crippen LogP contribution in [0.1, 0.15) is 0 Å². The van der Waals surface area contributed by atoms with Crippen molar-refractivity contribution >= 4 is 33.2 Å². The highest BCUT2D eigenvalue weighted by atomic mass is 79.9. The SMILES string of the molecule is Nc1cccc(Br)c1Oc1nc[nH]c(=O)c1Cl. The number of hydrogen-bond acceptors (Lipinski definition) is 4. The zero-order chi connectivity index (χ0) is 12.4. The first-order valence-electron chi connectivity index (χ1n) is 4.54. The Morgan fingerprint density at radius 2 is 2.24 bits per heavy atom. The van der Waals surface area contributed by atoms with E-state index in [4.69, 9.17) is 22.1 Å². The second-order valence-corrected chi connectivity index (χ2v) is 4.34. The fourth-order valence-electron chi connectivity index (χ4n) is 1.17. The van der Waals surface area contributed by atoms with Crippen LogP contribution in [0.4, 0.5) is 5.69 Å². The van der Waals surface area contributed by atoms with Crippen LogP contribution in [0, 0.1) is 0 Å². The van der Waals surface area contributed by atoms with Crippen molar-refractivity contribution in [1.82, 2.24) is 9.97 Å². The molecule has 0 aliphatic carbocycles. The van der Waals surface area contributed by atoms with E-state index in [1.165, 1.54) is 6.33 Å². The van der Waals surface area contributed by atoms with Gasteiger partial charge in [0, 0.05) is 0 Å². The van der Waals surface area contributed by atoms with Crippen molar-refractivity contribution in [2.24, 2.45) is 0 Å². The second-order valence-electron chi connectivity index (χ2n) is 3.11. The number of hydrogen-bond donors (Lipinski definition) is 2. The van der Waals surface area contributed by atoms with Crippen molar-refractivity contribution < 1.29 is 4.74 Å². The van der Waals surface area contributed by atoms with Gasteiger partial charge in [0.1, 0.15) is 0 Å². The summed E-state index contributed by atoms with van der Waals surface area (Å²) in [6, 6.07) is 5.19. The molecule has 0 unspecified atom stereocenters. The predicted octanol–water partition coefficient (Wildman–Crippen LogP) is 2.56. The van der Waals surface area contributed by atoms with Crippen LogP contribution in [0.5, 0.6) is 11.6 Å². The lowest BCUT2D eigenvalue weighted by molar-refractivity contribution is 0.460. The van der Waals surface area contributed by atoms with Gasteiger partial charge in [0.05, 0.1) is 16.5 Å². The van der Waals surface area contributed by atoms with E-state index in [2.05, 4.69) is 25.9 Å². The summed E-state index contributed by atoms with van der Waals surface area (Å²) < 4.78 is 6.07. The number of H-pyrrole nitrogens is 1. The molecule has 2 aromatic rings. The molecule has 0 aliphatic heterocycles. The lowest BCUT2D eigenvalue weighted by Gasteiger charge is -2.09. The molecule has 17 heavy (non-hydrogen) atoms. The number of rotatable bonds is 2. The number of nitrogens with one attached hydrogen (secondary N) is 1. The third-order valence-corrected chi connectivity index (χ3v) is 2.92. The maximum atomic E-state index is 11.2. The van der Waals surface area contributed by atoms with Crippen LogP contribution in [0.2, 0.25) is 5.02 Å². The summed E-state index contributed by atoms with van der Waals surface area (Å²) >= 11 is 9.05. The molecule has 0 atom stereocenters. The summed E-state index contributed by atoms with van der Waals surface area (Å²) in [5.74, 6) is 0.376. The normalized spacial score (nSPS) is 10.2. The maximum Gasteiger partial charge on any atom is 0.273 e. The van der Waals surface area contributed by atoms with Crippen LogP contribution in [0.15, 0.2) is 33.8 Å². The van der Waals surface area contributed by atoms with E-state index in [1.54, 1.807) is 18.2 Å². The summed E-state index contributed by atoms with van der Waals surface area (Å²) in [4.78, 5) is 17.4. The van der Waals surface area contributed by atoms with Gasteiger partial charge >= 0.3 is 0 Å². The van der Waals surface area contributed by atoms with Gasteiger partial charge in [-0.3, -0.25) is 4.79 Å². The molecule has 5 nitrogen and oxygen atoms in total. The van der Waals surface area contributed by atoms with Crippen molar-refractivity contribution in [3.63, 3.8) is 0 Å². The van der Waals surface area contributed by atoms with Gasteiger partial charge in [-0.1, -0.05) is 17.7 Å². The van der Waals surface area contributed by atoms with E-state index in [0.717, 1.165) is 0 Å². The number of ether oxygens (including phenoxy) is 1. The highest BCUT2D eigenvalue weighted by molar-refractivity contribution is 9.10. The molecule has 3 N–H and O–H groups in total. The highest BCUT2D eigenvalue weighted by Crippen LogP contribution is 2.35. The standard InChI is InChI=1S/C10H7BrClN3O2/c11-5-2-1-3-6(13)8(5)17-10-7(12)9(16)14-4-15-10/h1-4H,13H2,(H,14,15,16). The largest absolute Gasteiger partial charge is 0.434 e. The number of benzene rings is 1. The molecule has 7 heteroatoms. The summed E-state index contributed by atoms with van der Waals surface area (Å²) in [6.45, 7) is 0. The monoisotopic (exact) mass is 315 g/mol. The minimum atomic E-state index is -0.470. The number of nitrogens with two attached hydrogens (primary N) is 1. The quantitative estimate of drug-likeness (QED) is 0.834. The van der Waals surface area contributed by atoms with Crippen LogP contribution in [-0.4, -0.2) is 9.97 Å². The smallest absolute Gasteiger partial charge is 0.273 e. The average Bonchev–Trinajstić information content (AvgIpc) is 2.29. The minimum Gasteiger partial charge on any atom is -0.434 e. The van der Waals surface area contributed by atoms with Crippen molar-refractivity contribution in [3.8, 4) is 11.6 Å². The van der Waals surface area contributed by atoms with Crippen molar-refractivity contribution in [2.75, 3.05) is 5.73 Å². The maximum absolute atomic E-state index is 11.2. The van der Waals surface area contributed by atoms with Gasteiger partial charge < -0.3 is 15.5 Å². The summed E-state index contributed by atoms with van der Waals surface area (Å²) in [5.41, 5.74) is 5.69. The Morgan fingerprint density at radius 3 is 2.94 bits per heavy atom. The Hall–Kier alpha value is -1.53. The summed E-state index contributed by atoms with van der Waals surface area (Å²) in [6.07, 6.45) is 1.20. The number of halogens is 2. The van der Waals surface area contributed by atoms with Crippen molar-refractivity contribution in [2.45, 2.75) is 0 Å². The zero-order valence-corrected chi connectivity index (χ0v) is 10.7. The number of nitrogen functional groups attached to an aromatic ring is 1. The summed E-state index contributed by atoms with van der Waals surface area (Å²) in [5, 5.41) is -0.123. The van der Waals surface area contributed by atoms with Crippen LogP contribution in [0.25, 0.3) is 0 Å². The van der Waals surface area contributed by atoms with Gasteiger partial charge in [-0.15, -0.1) is 0 Å². The zero-order valence-electron chi connectivity index (χ0n) is 8.41. The molecule has 1 aromatic heterocycles. The molecule has 2 rings (SSSR count). The molecule has 0 bridgehead atoms. The molecular formula is C10H7BrClN3O2. The van der Waals surface area contributed by atoms with E-state index in [-0.39, 0.29) is 10.9 Å². The lowest BCUT2D eigenvalue weighted by atomic mass is 10.3. The van der Waals surface area contributed by atoms with E-state index in [1.807, 2.05) is 0 Å². The highest BCUT2D eigenvalue weighted by Gasteiger charge is 2.12. The van der Waals surface area contributed by atoms with Crippen LogP contribution in [-0.2, 0) is 0 Å². The minimum absolute atomic E-state index is 0.00835. The number of para-hydroxylation sites is 1. The molecular weight excluding hydrogens is 309 g/mol. The molecule has 0 spiro atoms. The third-order valence-electron chi connectivity index (χ3n) is 1.96. The van der Waals surface area contributed by atoms with Gasteiger partial charge in [0.2, 0.25) is 5.88 Å². The topological polar surface area (TPSA) is 81.0 Å². The second kappa shape index (κ2) is 4.77. The molecule has 0 fully saturated rings. The Labute approximate surface area is 110 Å². The fourth-order valence-corrected chi connectivity index (χ4v) is 1.77. The predicted molar refractivity (Wildman–Crippen MR) is 68.5 cm³/mol. The molecule has 0 aliphatic rings. The fraction of sp³-hybridized carbons (Fsp3) is 0. The van der Waals surface area contributed by atoms with Gasteiger partial charge in [-0.2, -0.15) is 0 Å². The molecule has 0 amide bonds. The van der Waals surface area contributed by atoms with Crippen molar-refractivity contribution in [3.05, 3.63) is 44.4 Å². The first-order chi connectivity index (χ1) is 8.09. The first kappa shape index (κ1) is 11.9. The lowest BCUT2D eigenvalue weighted by Crippen LogP contribution is -2.08. The van der Waals surface area contributed by atoms with E-state index in [9.17, 15) is 4.79 Å². The molecule has 1 aromatic carbocycles. The Bertz CT molecular complexity index is 594. The van der Waals surface area contributed by atoms with Gasteiger partial charge in [0.15, 0.2) is 10.8 Å². The first-order valence-corrected chi connectivity index (χ1v) is 5.71. The Balaban J connectivity index is 2.45. The number of aromatic amines is 1. The van der Waals surface area contributed by atoms with Gasteiger partial charge in [0.25, 0.3) is 5.56 Å². The van der Waals surface area contributed by atoms with Crippen molar-refractivity contribution in [1.29, 1.82) is 0 Å². The molecule has 88 valence electrons.